The average Bonchev–Trinajstić information content (AvgIpc) is 2.89. The van der Waals surface area contributed by atoms with E-state index in [0.29, 0.717) is 24.2 Å². The number of unbranched alkanes of at least 4 members (excludes halogenated alkanes) is 1. The van der Waals surface area contributed by atoms with Crippen LogP contribution in [0.2, 0.25) is 0 Å². The van der Waals surface area contributed by atoms with Gasteiger partial charge in [0.2, 0.25) is 5.76 Å². The van der Waals surface area contributed by atoms with Gasteiger partial charge in [-0.3, -0.25) is 9.59 Å². The number of thioether (sulfide) groups is 1. The van der Waals surface area contributed by atoms with E-state index in [1.165, 1.54) is 23.4 Å². The molecule has 0 aromatic heterocycles. The van der Waals surface area contributed by atoms with Crippen molar-refractivity contribution in [2.45, 2.75) is 81.0 Å². The summed E-state index contributed by atoms with van der Waals surface area (Å²) >= 11 is 1.40. The van der Waals surface area contributed by atoms with Crippen molar-refractivity contribution in [2.75, 3.05) is 0 Å². The minimum absolute atomic E-state index is 0. The van der Waals surface area contributed by atoms with Crippen LogP contribution in [0.1, 0.15) is 83.1 Å². The van der Waals surface area contributed by atoms with Gasteiger partial charge in [-0.15, -0.1) is 11.8 Å². The Hall–Kier alpha value is -1.10. The summed E-state index contributed by atoms with van der Waals surface area (Å²) < 4.78 is 5.62. The fourth-order valence-electron chi connectivity index (χ4n) is 4.31. The number of ketones is 1. The molecule has 3 atom stereocenters. The quantitative estimate of drug-likeness (QED) is 0.215. The van der Waals surface area contributed by atoms with Crippen LogP contribution in [-0.2, 0) is 20.8 Å². The number of aliphatic hydroxyl groups is 1. The SMILES string of the molecule is CCCCc1ccc(C(Sc2ccc3c(c2)OC(C(=O)O)=CC3C(=O)CC)C(O)CCCC(=O)O)cc1.[H-].[H-].[Na+].[Na+]. The molecule has 2 aromatic rings. The number of Topliss-reactive ketones (excluding diaryl/α,β-unsaturated/α-hetero) is 1. The summed E-state index contributed by atoms with van der Waals surface area (Å²) in [6.45, 7) is 3.88. The van der Waals surface area contributed by atoms with Crippen molar-refractivity contribution in [1.29, 1.82) is 0 Å². The summed E-state index contributed by atoms with van der Waals surface area (Å²) in [6.07, 6.45) is 4.65. The normalized spacial score (nSPS) is 15.4. The first-order valence-electron chi connectivity index (χ1n) is 12.7. The van der Waals surface area contributed by atoms with E-state index in [4.69, 9.17) is 9.84 Å². The molecule has 3 N–H and O–H groups in total. The third-order valence-corrected chi connectivity index (χ3v) is 7.76. The first-order chi connectivity index (χ1) is 17.7. The van der Waals surface area contributed by atoms with Gasteiger partial charge in [0.25, 0.3) is 0 Å². The number of hydrogen-bond acceptors (Lipinski definition) is 6. The van der Waals surface area contributed by atoms with Crippen molar-refractivity contribution < 1.29 is 96.4 Å². The molecule has 0 radical (unpaired) electrons. The van der Waals surface area contributed by atoms with Crippen LogP contribution in [-0.4, -0.2) is 39.1 Å². The Morgan fingerprint density at radius 3 is 2.31 bits per heavy atom. The second kappa shape index (κ2) is 17.7. The molecule has 7 nitrogen and oxygen atoms in total. The first kappa shape index (κ1) is 35.9. The van der Waals surface area contributed by atoms with E-state index in [1.54, 1.807) is 19.1 Å². The second-order valence-corrected chi connectivity index (χ2v) is 10.4. The Labute approximate surface area is 281 Å². The molecule has 2 aromatic carbocycles. The Kier molecular flexibility index (Phi) is 16.3. The van der Waals surface area contributed by atoms with Gasteiger partial charge in [-0.25, -0.2) is 4.79 Å². The van der Waals surface area contributed by atoms with Gasteiger partial charge < -0.3 is 22.9 Å². The number of carbonyl (C=O) groups is 3. The molecule has 202 valence electrons. The van der Waals surface area contributed by atoms with E-state index in [1.807, 2.05) is 18.2 Å². The molecule has 0 amide bonds. The van der Waals surface area contributed by atoms with E-state index < -0.39 is 24.0 Å². The molecule has 1 heterocycles. The summed E-state index contributed by atoms with van der Waals surface area (Å²) in [5.41, 5.74) is 2.74. The number of aryl methyl sites for hydroxylation is 1. The third-order valence-electron chi connectivity index (χ3n) is 6.39. The van der Waals surface area contributed by atoms with Crippen molar-refractivity contribution >= 4 is 29.5 Å². The molecule has 0 saturated carbocycles. The van der Waals surface area contributed by atoms with Crippen LogP contribution in [0, 0.1) is 0 Å². The van der Waals surface area contributed by atoms with Crippen LogP contribution in [0.15, 0.2) is 59.2 Å². The fraction of sp³-hybridized carbons (Fsp3) is 0.414. The van der Waals surface area contributed by atoms with E-state index in [9.17, 15) is 24.6 Å². The zero-order chi connectivity index (χ0) is 26.9. The molecule has 0 saturated heterocycles. The van der Waals surface area contributed by atoms with E-state index >= 15 is 0 Å². The standard InChI is InChI=1S/C29H34O7S.2Na.2H/c1-3-5-7-18-10-12-19(13-11-18)28(24(31)8-6-9-27(32)33)37-20-14-15-21-22(23(30)4-2)17-26(29(34)35)36-25(21)16-20;;;;/h10-17,22,24,28,31H,3-9H2,1-2H3,(H,32,33)(H,34,35);;;;/q;2*+1;2*-1. The molecule has 0 aliphatic carbocycles. The molecule has 10 heteroatoms. The molecule has 1 aliphatic rings. The van der Waals surface area contributed by atoms with Crippen molar-refractivity contribution in [3.05, 3.63) is 71.0 Å². The van der Waals surface area contributed by atoms with Gasteiger partial charge in [-0.05, 0) is 55.0 Å². The van der Waals surface area contributed by atoms with E-state index in [2.05, 4.69) is 19.1 Å². The van der Waals surface area contributed by atoms with Crippen LogP contribution in [0.3, 0.4) is 0 Å². The van der Waals surface area contributed by atoms with E-state index in [0.717, 1.165) is 29.7 Å². The van der Waals surface area contributed by atoms with Gasteiger partial charge in [0.1, 0.15) is 11.5 Å². The van der Waals surface area contributed by atoms with Gasteiger partial charge in [0.15, 0.2) is 0 Å². The zero-order valence-corrected chi connectivity index (χ0v) is 28.0. The smallest absolute Gasteiger partial charge is 1.00 e. The van der Waals surface area contributed by atoms with Crippen LogP contribution >= 0.6 is 11.8 Å². The number of carboxylic acids is 2. The van der Waals surface area contributed by atoms with Gasteiger partial charge >= 0.3 is 71.1 Å². The molecule has 0 fully saturated rings. The Balaban J connectivity index is 0. The van der Waals surface area contributed by atoms with Gasteiger partial charge in [-0.2, -0.15) is 0 Å². The van der Waals surface area contributed by atoms with Crippen LogP contribution in [0.4, 0.5) is 0 Å². The summed E-state index contributed by atoms with van der Waals surface area (Å²) in [5.74, 6) is -2.90. The summed E-state index contributed by atoms with van der Waals surface area (Å²) in [4.78, 5) is 35.8. The van der Waals surface area contributed by atoms with Crippen LogP contribution < -0.4 is 63.9 Å². The monoisotopic (exact) mass is 574 g/mol. The number of allylic oxidation sites excluding steroid dienone is 1. The molecule has 0 bridgehead atoms. The molecule has 3 rings (SSSR count). The zero-order valence-electron chi connectivity index (χ0n) is 25.2. The summed E-state index contributed by atoms with van der Waals surface area (Å²) in [5, 5.41) is 29.2. The minimum Gasteiger partial charge on any atom is -1.00 e. The molecule has 1 aliphatic heterocycles. The first-order valence-corrected chi connectivity index (χ1v) is 13.6. The number of ether oxygens (including phenoxy) is 1. The molecule has 39 heavy (non-hydrogen) atoms. The van der Waals surface area contributed by atoms with E-state index in [-0.39, 0.29) is 91.6 Å². The average molecular weight is 575 g/mol. The number of fused-ring (bicyclic) bond motifs is 1. The predicted octanol–water partition coefficient (Wildman–Crippen LogP) is 0.135. The number of aliphatic hydroxyl groups excluding tert-OH is 1. The number of hydrogen-bond donors (Lipinski definition) is 3. The predicted molar refractivity (Wildman–Crippen MR) is 144 cm³/mol. The van der Waals surface area contributed by atoms with Crippen molar-refractivity contribution in [3.63, 3.8) is 0 Å². The maximum absolute atomic E-state index is 12.5. The number of aliphatic carboxylic acids is 2. The van der Waals surface area contributed by atoms with Gasteiger partial charge in [-0.1, -0.05) is 50.6 Å². The number of rotatable bonds is 14. The van der Waals surface area contributed by atoms with Crippen LogP contribution in [0.5, 0.6) is 5.75 Å². The molecule has 3 unspecified atom stereocenters. The number of carboxylic acid groups (broad SMARTS) is 2. The molecular formula is C29H36Na2O7S. The van der Waals surface area contributed by atoms with Gasteiger partial charge in [0.05, 0.1) is 17.3 Å². The van der Waals surface area contributed by atoms with Crippen molar-refractivity contribution in [1.82, 2.24) is 0 Å². The van der Waals surface area contributed by atoms with Crippen molar-refractivity contribution in [2.24, 2.45) is 0 Å². The minimum atomic E-state index is -1.24. The second-order valence-electron chi connectivity index (χ2n) is 9.17. The van der Waals surface area contributed by atoms with Crippen molar-refractivity contribution in [3.8, 4) is 5.75 Å². The molecular weight excluding hydrogens is 538 g/mol. The largest absolute Gasteiger partial charge is 1.00 e. The fourth-order valence-corrected chi connectivity index (χ4v) is 5.51. The number of benzene rings is 2. The topological polar surface area (TPSA) is 121 Å². The van der Waals surface area contributed by atoms with Crippen LogP contribution in [0.25, 0.3) is 0 Å². The maximum Gasteiger partial charge on any atom is 1.00 e. The maximum atomic E-state index is 12.5. The Morgan fingerprint density at radius 2 is 1.72 bits per heavy atom. The summed E-state index contributed by atoms with van der Waals surface area (Å²) in [6, 6.07) is 13.4. The van der Waals surface area contributed by atoms with Gasteiger partial charge in [0, 0.05) is 23.3 Å². The number of carbonyl (C=O) groups excluding carboxylic acids is 1. The third kappa shape index (κ3) is 10.3. The Morgan fingerprint density at radius 1 is 1.03 bits per heavy atom. The summed E-state index contributed by atoms with van der Waals surface area (Å²) in [7, 11) is 0. The Bertz CT molecular complexity index is 1160. The molecule has 0 spiro atoms.